The summed E-state index contributed by atoms with van der Waals surface area (Å²) < 4.78 is 2.12. The summed E-state index contributed by atoms with van der Waals surface area (Å²) in [7, 11) is 0. The molecule has 1 aromatic heterocycles. The Morgan fingerprint density at radius 1 is 1.30 bits per heavy atom. The van der Waals surface area contributed by atoms with Crippen molar-refractivity contribution in [3.63, 3.8) is 0 Å². The zero-order chi connectivity index (χ0) is 16.2. The molecule has 0 bridgehead atoms. The maximum atomic E-state index is 5.87. The van der Waals surface area contributed by atoms with Gasteiger partial charge >= 0.3 is 0 Å². The lowest BCUT2D eigenvalue weighted by Crippen LogP contribution is -2.31. The highest BCUT2D eigenvalue weighted by atomic mass is 32.2. The minimum atomic E-state index is 0.395. The Morgan fingerprint density at radius 2 is 2.13 bits per heavy atom. The number of nitrogens with zero attached hydrogens (tertiary/aromatic N) is 4. The van der Waals surface area contributed by atoms with E-state index in [2.05, 4.69) is 51.7 Å². The molecular formula is C17H25N5S. The molecule has 23 heavy (non-hydrogen) atoms. The zero-order valence-corrected chi connectivity index (χ0v) is 14.7. The number of benzene rings is 1. The third-order valence-corrected chi connectivity index (χ3v) is 5.62. The molecule has 1 fully saturated rings. The van der Waals surface area contributed by atoms with Crippen LogP contribution in [-0.2, 0) is 6.54 Å². The zero-order valence-electron chi connectivity index (χ0n) is 13.9. The fraction of sp³-hybridized carbons (Fsp3) is 0.529. The maximum absolute atomic E-state index is 5.87. The molecule has 1 aromatic carbocycles. The summed E-state index contributed by atoms with van der Waals surface area (Å²) in [6, 6.07) is 8.96. The van der Waals surface area contributed by atoms with Crippen LogP contribution in [0.1, 0.15) is 31.2 Å². The second-order valence-electron chi connectivity index (χ2n) is 5.96. The van der Waals surface area contributed by atoms with E-state index < -0.39 is 0 Å². The monoisotopic (exact) mass is 331 g/mol. The molecule has 0 aliphatic carbocycles. The Morgan fingerprint density at radius 3 is 2.87 bits per heavy atom. The average molecular weight is 331 g/mol. The molecule has 2 heterocycles. The maximum Gasteiger partial charge on any atom is 0.195 e. The first-order chi connectivity index (χ1) is 11.2. The van der Waals surface area contributed by atoms with Crippen LogP contribution < -0.4 is 5.73 Å². The van der Waals surface area contributed by atoms with Crippen molar-refractivity contribution in [2.75, 3.05) is 18.8 Å². The molecule has 5 nitrogen and oxygen atoms in total. The van der Waals surface area contributed by atoms with E-state index in [-0.39, 0.29) is 0 Å². The summed E-state index contributed by atoms with van der Waals surface area (Å²) in [6.07, 6.45) is 2.58. The Bertz CT molecular complexity index is 654. The fourth-order valence-corrected chi connectivity index (χ4v) is 4.40. The molecule has 0 unspecified atom stereocenters. The number of hydrogen-bond acceptors (Lipinski definition) is 5. The van der Waals surface area contributed by atoms with Crippen molar-refractivity contribution < 1.29 is 0 Å². The number of nitrogens with two attached hydrogens (primary N) is 1. The predicted molar refractivity (Wildman–Crippen MR) is 95.0 cm³/mol. The molecule has 1 aliphatic rings. The number of hydrogen-bond donors (Lipinski definition) is 1. The van der Waals surface area contributed by atoms with Gasteiger partial charge in [-0.1, -0.05) is 36.9 Å². The van der Waals surface area contributed by atoms with Crippen LogP contribution in [-0.4, -0.2) is 44.5 Å². The van der Waals surface area contributed by atoms with Crippen LogP contribution in [0.3, 0.4) is 0 Å². The van der Waals surface area contributed by atoms with Gasteiger partial charge in [-0.15, -0.1) is 10.2 Å². The second kappa shape index (κ2) is 7.47. The number of para-hydroxylation sites is 1. The molecular weight excluding hydrogens is 306 g/mol. The van der Waals surface area contributed by atoms with Crippen LogP contribution in [0.25, 0.3) is 5.69 Å². The lowest BCUT2D eigenvalue weighted by Gasteiger charge is -2.22. The van der Waals surface area contributed by atoms with E-state index in [1.807, 2.05) is 6.07 Å². The average Bonchev–Trinajstić information content (AvgIpc) is 3.19. The first-order valence-electron chi connectivity index (χ1n) is 8.31. The number of rotatable bonds is 6. The minimum absolute atomic E-state index is 0.395. The molecule has 2 aromatic rings. The van der Waals surface area contributed by atoms with Crippen LogP contribution >= 0.6 is 11.8 Å². The Labute approximate surface area is 142 Å². The van der Waals surface area contributed by atoms with Gasteiger partial charge in [0.05, 0.1) is 12.2 Å². The first kappa shape index (κ1) is 16.5. The molecule has 0 saturated carbocycles. The Kier molecular flexibility index (Phi) is 5.35. The van der Waals surface area contributed by atoms with Crippen LogP contribution in [0.5, 0.6) is 0 Å². The molecule has 6 heteroatoms. The lowest BCUT2D eigenvalue weighted by atomic mass is 10.2. The van der Waals surface area contributed by atoms with Gasteiger partial charge in [0.25, 0.3) is 0 Å². The SMILES string of the molecule is CCN1CCC[C@H]1CSc1nnc(CN)n1-c1ccccc1C. The molecule has 3 rings (SSSR count). The van der Waals surface area contributed by atoms with E-state index in [0.717, 1.165) is 29.0 Å². The van der Waals surface area contributed by atoms with Gasteiger partial charge in [-0.05, 0) is 44.5 Å². The van der Waals surface area contributed by atoms with Crippen LogP contribution in [0, 0.1) is 6.92 Å². The fourth-order valence-electron chi connectivity index (χ4n) is 3.25. The third-order valence-electron chi connectivity index (χ3n) is 4.55. The Balaban J connectivity index is 1.83. The normalized spacial score (nSPS) is 18.7. The van der Waals surface area contributed by atoms with Crippen LogP contribution in [0.15, 0.2) is 29.4 Å². The van der Waals surface area contributed by atoms with Crippen molar-refractivity contribution in [1.29, 1.82) is 0 Å². The molecule has 124 valence electrons. The molecule has 1 aliphatic heterocycles. The molecule has 0 spiro atoms. The lowest BCUT2D eigenvalue weighted by molar-refractivity contribution is 0.287. The van der Waals surface area contributed by atoms with E-state index in [4.69, 9.17) is 5.73 Å². The quantitative estimate of drug-likeness (QED) is 0.825. The smallest absolute Gasteiger partial charge is 0.195 e. The number of aryl methyl sites for hydroxylation is 1. The van der Waals surface area contributed by atoms with E-state index in [1.165, 1.54) is 24.9 Å². The van der Waals surface area contributed by atoms with Crippen LogP contribution in [0.4, 0.5) is 0 Å². The summed E-state index contributed by atoms with van der Waals surface area (Å²) in [5.74, 6) is 1.88. The van der Waals surface area contributed by atoms with Gasteiger partial charge in [-0.2, -0.15) is 0 Å². The van der Waals surface area contributed by atoms with Crippen molar-refractivity contribution in [1.82, 2.24) is 19.7 Å². The summed E-state index contributed by atoms with van der Waals surface area (Å²) >= 11 is 1.80. The van der Waals surface area contributed by atoms with Gasteiger partial charge in [0, 0.05) is 11.8 Å². The summed E-state index contributed by atoms with van der Waals surface area (Å²) in [5.41, 5.74) is 8.20. The van der Waals surface area contributed by atoms with Crippen molar-refractivity contribution in [3.05, 3.63) is 35.7 Å². The summed E-state index contributed by atoms with van der Waals surface area (Å²) in [5, 5.41) is 9.63. The standard InChI is InChI=1S/C17H25N5S/c1-3-21-10-6-8-14(21)12-23-17-20-19-16(11-18)22(17)15-9-5-4-7-13(15)2/h4-5,7,9,14H,3,6,8,10-12,18H2,1-2H3/t14-/m0/s1. The molecule has 1 saturated heterocycles. The molecule has 2 N–H and O–H groups in total. The minimum Gasteiger partial charge on any atom is -0.324 e. The van der Waals surface area contributed by atoms with E-state index in [9.17, 15) is 0 Å². The first-order valence-corrected chi connectivity index (χ1v) is 9.30. The van der Waals surface area contributed by atoms with Gasteiger partial charge in [-0.25, -0.2) is 0 Å². The number of thioether (sulfide) groups is 1. The van der Waals surface area contributed by atoms with Crippen molar-refractivity contribution >= 4 is 11.8 Å². The van der Waals surface area contributed by atoms with E-state index in [0.29, 0.717) is 12.6 Å². The predicted octanol–water partition coefficient (Wildman–Crippen LogP) is 2.61. The largest absolute Gasteiger partial charge is 0.324 e. The van der Waals surface area contributed by atoms with Gasteiger partial charge in [-0.3, -0.25) is 9.47 Å². The number of likely N-dealkylation sites (tertiary alicyclic amines) is 1. The van der Waals surface area contributed by atoms with Crippen LogP contribution in [0.2, 0.25) is 0 Å². The van der Waals surface area contributed by atoms with Gasteiger partial charge in [0.1, 0.15) is 0 Å². The van der Waals surface area contributed by atoms with Crippen molar-refractivity contribution in [2.24, 2.45) is 5.73 Å². The highest BCUT2D eigenvalue weighted by Crippen LogP contribution is 2.28. The van der Waals surface area contributed by atoms with E-state index >= 15 is 0 Å². The molecule has 0 radical (unpaired) electrons. The molecule has 0 amide bonds. The van der Waals surface area contributed by atoms with E-state index in [1.54, 1.807) is 11.8 Å². The summed E-state index contributed by atoms with van der Waals surface area (Å²) in [4.78, 5) is 2.56. The second-order valence-corrected chi connectivity index (χ2v) is 6.95. The van der Waals surface area contributed by atoms with Gasteiger partial charge in [0.15, 0.2) is 11.0 Å². The van der Waals surface area contributed by atoms with Crippen molar-refractivity contribution in [3.8, 4) is 5.69 Å². The van der Waals surface area contributed by atoms with Gasteiger partial charge < -0.3 is 5.73 Å². The number of aromatic nitrogens is 3. The highest BCUT2D eigenvalue weighted by Gasteiger charge is 2.24. The summed E-state index contributed by atoms with van der Waals surface area (Å²) in [6.45, 7) is 7.10. The Hall–Kier alpha value is -1.37. The topological polar surface area (TPSA) is 60.0 Å². The van der Waals surface area contributed by atoms with Crippen molar-refractivity contribution in [2.45, 2.75) is 44.4 Å². The molecule has 1 atom stereocenters. The van der Waals surface area contributed by atoms with Gasteiger partial charge in [0.2, 0.25) is 0 Å². The highest BCUT2D eigenvalue weighted by molar-refractivity contribution is 7.99. The third kappa shape index (κ3) is 3.44.